The largest absolute Gasteiger partial charge is 0.496 e. The predicted molar refractivity (Wildman–Crippen MR) is 120 cm³/mol. The van der Waals surface area contributed by atoms with Crippen LogP contribution >= 0.6 is 11.8 Å². The van der Waals surface area contributed by atoms with E-state index >= 15 is 0 Å². The van der Waals surface area contributed by atoms with Crippen molar-refractivity contribution >= 4 is 17.5 Å². The van der Waals surface area contributed by atoms with Gasteiger partial charge in [-0.3, -0.25) is 9.36 Å². The number of carbonyl (C=O) groups is 1. The Morgan fingerprint density at radius 1 is 1.00 bits per heavy atom. The van der Waals surface area contributed by atoms with E-state index in [1.54, 1.807) is 41.0 Å². The van der Waals surface area contributed by atoms with Crippen molar-refractivity contribution in [1.29, 1.82) is 0 Å². The highest BCUT2D eigenvalue weighted by atomic mass is 32.2. The van der Waals surface area contributed by atoms with E-state index in [1.807, 2.05) is 37.3 Å². The zero-order valence-electron chi connectivity index (χ0n) is 17.1. The Balaban J connectivity index is 1.70. The van der Waals surface area contributed by atoms with Crippen molar-refractivity contribution in [3.8, 4) is 22.8 Å². The zero-order chi connectivity index (χ0) is 21.8. The minimum absolute atomic E-state index is 0.0895. The number of thioether (sulfide) groups is 1. The van der Waals surface area contributed by atoms with E-state index in [1.165, 1.54) is 24.9 Å². The first kappa shape index (κ1) is 20.8. The summed E-state index contributed by atoms with van der Waals surface area (Å²) in [5.74, 6) is 0.578. The predicted octanol–water partition coefficient (Wildman–Crippen LogP) is 5.37. The van der Waals surface area contributed by atoms with E-state index in [2.05, 4.69) is 10.2 Å². The minimum Gasteiger partial charge on any atom is -0.496 e. The molecule has 0 N–H and O–H groups in total. The van der Waals surface area contributed by atoms with Crippen LogP contribution in [0.15, 0.2) is 78.0 Å². The lowest BCUT2D eigenvalue weighted by Gasteiger charge is -2.11. The number of benzene rings is 3. The number of ether oxygens (including phenoxy) is 1. The Labute approximate surface area is 183 Å². The Kier molecular flexibility index (Phi) is 6.13. The van der Waals surface area contributed by atoms with Crippen LogP contribution in [0.5, 0.6) is 5.75 Å². The van der Waals surface area contributed by atoms with Crippen molar-refractivity contribution in [2.75, 3.05) is 12.9 Å². The number of hydrogen-bond donors (Lipinski definition) is 0. The van der Waals surface area contributed by atoms with Gasteiger partial charge in [0.2, 0.25) is 0 Å². The fraction of sp³-hybridized carbons (Fsp3) is 0.125. The number of hydrogen-bond acceptors (Lipinski definition) is 5. The summed E-state index contributed by atoms with van der Waals surface area (Å²) in [4.78, 5) is 12.8. The van der Waals surface area contributed by atoms with Crippen LogP contribution in [0.25, 0.3) is 17.1 Å². The third-order valence-electron chi connectivity index (χ3n) is 4.78. The Hall–Kier alpha value is -3.45. The van der Waals surface area contributed by atoms with Crippen molar-refractivity contribution in [2.24, 2.45) is 0 Å². The Morgan fingerprint density at radius 3 is 2.45 bits per heavy atom. The normalized spacial score (nSPS) is 10.8. The number of para-hydroxylation sites is 1. The van der Waals surface area contributed by atoms with Crippen LogP contribution in [0.3, 0.4) is 0 Å². The highest BCUT2D eigenvalue weighted by Crippen LogP contribution is 2.30. The molecule has 4 aromatic rings. The number of Topliss-reactive ketones (excluding diaryl/α,β-unsaturated/α-hetero) is 1. The van der Waals surface area contributed by atoms with Crippen LogP contribution in [0.1, 0.15) is 15.9 Å². The molecule has 156 valence electrons. The van der Waals surface area contributed by atoms with Crippen LogP contribution < -0.4 is 4.74 Å². The maximum atomic E-state index is 14.5. The van der Waals surface area contributed by atoms with Gasteiger partial charge < -0.3 is 4.74 Å². The van der Waals surface area contributed by atoms with Crippen LogP contribution in [0, 0.1) is 12.7 Å². The lowest BCUT2D eigenvalue weighted by Crippen LogP contribution is -2.06. The van der Waals surface area contributed by atoms with Gasteiger partial charge in [0.1, 0.15) is 11.6 Å². The van der Waals surface area contributed by atoms with Crippen LogP contribution in [0.4, 0.5) is 4.39 Å². The van der Waals surface area contributed by atoms with Gasteiger partial charge in [-0.25, -0.2) is 4.39 Å². The number of halogens is 1. The van der Waals surface area contributed by atoms with E-state index in [0.717, 1.165) is 11.3 Å². The molecule has 0 aliphatic carbocycles. The molecule has 0 saturated carbocycles. The van der Waals surface area contributed by atoms with E-state index in [4.69, 9.17) is 4.74 Å². The molecule has 0 spiro atoms. The van der Waals surface area contributed by atoms with E-state index < -0.39 is 0 Å². The first-order valence-electron chi connectivity index (χ1n) is 9.65. The summed E-state index contributed by atoms with van der Waals surface area (Å²) in [6, 6.07) is 21.3. The van der Waals surface area contributed by atoms with Crippen molar-refractivity contribution in [1.82, 2.24) is 14.8 Å². The molecule has 0 aliphatic rings. The number of aromatic nitrogens is 3. The lowest BCUT2D eigenvalue weighted by atomic mass is 10.1. The highest BCUT2D eigenvalue weighted by molar-refractivity contribution is 7.99. The second kappa shape index (κ2) is 9.14. The molecule has 7 heteroatoms. The molecule has 3 aromatic carbocycles. The van der Waals surface area contributed by atoms with E-state index in [0.29, 0.717) is 27.9 Å². The summed E-state index contributed by atoms with van der Waals surface area (Å²) in [5.41, 5.74) is 2.75. The molecule has 4 rings (SSSR count). The van der Waals surface area contributed by atoms with Gasteiger partial charge >= 0.3 is 0 Å². The number of ketones is 1. The molecule has 0 radical (unpaired) electrons. The SMILES string of the molecule is COc1ccccc1C(=O)CSc1nnc(-c2ccccc2F)n1-c1ccc(C)cc1. The third-order valence-corrected chi connectivity index (χ3v) is 5.71. The van der Waals surface area contributed by atoms with Gasteiger partial charge in [-0.05, 0) is 43.3 Å². The highest BCUT2D eigenvalue weighted by Gasteiger charge is 2.20. The molecule has 0 atom stereocenters. The third kappa shape index (κ3) is 4.36. The van der Waals surface area contributed by atoms with Gasteiger partial charge in [0.05, 0.1) is 24.0 Å². The average molecular weight is 434 g/mol. The number of nitrogens with zero attached hydrogens (tertiary/aromatic N) is 3. The van der Waals surface area contributed by atoms with Gasteiger partial charge in [0.25, 0.3) is 0 Å². The first-order chi connectivity index (χ1) is 15.1. The summed E-state index contributed by atoms with van der Waals surface area (Å²) in [6.45, 7) is 2.00. The maximum Gasteiger partial charge on any atom is 0.196 e. The van der Waals surface area contributed by atoms with Gasteiger partial charge in [-0.15, -0.1) is 10.2 Å². The molecule has 5 nitrogen and oxygen atoms in total. The quantitative estimate of drug-likeness (QED) is 0.290. The molecule has 0 bridgehead atoms. The van der Waals surface area contributed by atoms with E-state index in [-0.39, 0.29) is 17.4 Å². The van der Waals surface area contributed by atoms with Crippen LogP contribution in [-0.4, -0.2) is 33.4 Å². The smallest absolute Gasteiger partial charge is 0.196 e. The summed E-state index contributed by atoms with van der Waals surface area (Å²) in [5, 5.41) is 9.02. The molecule has 31 heavy (non-hydrogen) atoms. The van der Waals surface area contributed by atoms with Crippen LogP contribution in [-0.2, 0) is 0 Å². The van der Waals surface area contributed by atoms with Crippen molar-refractivity contribution in [2.45, 2.75) is 12.1 Å². The minimum atomic E-state index is -0.384. The van der Waals surface area contributed by atoms with Crippen molar-refractivity contribution in [3.05, 3.63) is 89.7 Å². The summed E-state index contributed by atoms with van der Waals surface area (Å²) >= 11 is 1.25. The second-order valence-electron chi connectivity index (χ2n) is 6.87. The van der Waals surface area contributed by atoms with E-state index in [9.17, 15) is 9.18 Å². The van der Waals surface area contributed by atoms with Gasteiger partial charge in [-0.1, -0.05) is 53.7 Å². The van der Waals surface area contributed by atoms with Crippen molar-refractivity contribution < 1.29 is 13.9 Å². The first-order valence-corrected chi connectivity index (χ1v) is 10.6. The topological polar surface area (TPSA) is 57.0 Å². The average Bonchev–Trinajstić information content (AvgIpc) is 3.22. The molecular formula is C24H20FN3O2S. The molecular weight excluding hydrogens is 413 g/mol. The lowest BCUT2D eigenvalue weighted by molar-refractivity contribution is 0.101. The van der Waals surface area contributed by atoms with Crippen molar-refractivity contribution in [3.63, 3.8) is 0 Å². The molecule has 0 fully saturated rings. The Bertz CT molecular complexity index is 1220. The number of aryl methyl sites for hydroxylation is 1. The van der Waals surface area contributed by atoms with Gasteiger partial charge in [-0.2, -0.15) is 0 Å². The van der Waals surface area contributed by atoms with Gasteiger partial charge in [0.15, 0.2) is 16.8 Å². The molecule has 0 aliphatic heterocycles. The molecule has 1 aromatic heterocycles. The molecule has 1 heterocycles. The molecule has 0 saturated heterocycles. The zero-order valence-corrected chi connectivity index (χ0v) is 17.9. The second-order valence-corrected chi connectivity index (χ2v) is 7.81. The monoisotopic (exact) mass is 433 g/mol. The standard InChI is InChI=1S/C24H20FN3O2S/c1-16-11-13-17(14-12-16)28-23(18-7-3-5-9-20(18)25)26-27-24(28)31-15-21(29)19-8-4-6-10-22(19)30-2/h3-14H,15H2,1-2H3. The summed E-state index contributed by atoms with van der Waals surface area (Å²) in [6.07, 6.45) is 0. The number of methoxy groups -OCH3 is 1. The summed E-state index contributed by atoms with van der Waals surface area (Å²) < 4.78 is 21.6. The molecule has 0 unspecified atom stereocenters. The molecule has 0 amide bonds. The maximum absolute atomic E-state index is 14.5. The fourth-order valence-corrected chi connectivity index (χ4v) is 4.03. The number of rotatable bonds is 7. The Morgan fingerprint density at radius 2 is 1.71 bits per heavy atom. The van der Waals surface area contributed by atoms with Crippen LogP contribution in [0.2, 0.25) is 0 Å². The summed E-state index contributed by atoms with van der Waals surface area (Å²) in [7, 11) is 1.54. The fourth-order valence-electron chi connectivity index (χ4n) is 3.19. The number of carbonyl (C=O) groups excluding carboxylic acids is 1. The van der Waals surface area contributed by atoms with Gasteiger partial charge in [0, 0.05) is 5.69 Å².